The van der Waals surface area contributed by atoms with Crippen molar-refractivity contribution in [3.63, 3.8) is 0 Å². The molecule has 3 aromatic carbocycles. The van der Waals surface area contributed by atoms with Gasteiger partial charge in [0.2, 0.25) is 5.82 Å². The van der Waals surface area contributed by atoms with E-state index in [1.165, 1.54) is 36.8 Å². The van der Waals surface area contributed by atoms with Crippen LogP contribution in [0.4, 0.5) is 13.2 Å². The molecule has 0 bridgehead atoms. The highest BCUT2D eigenvalue weighted by Crippen LogP contribution is 2.40. The Hall–Kier alpha value is -3.08. The Morgan fingerprint density at radius 1 is 0.912 bits per heavy atom. The predicted octanol–water partition coefficient (Wildman–Crippen LogP) is 8.37. The van der Waals surface area contributed by atoms with Crippen LogP contribution in [0, 0.1) is 30.3 Å². The third-order valence-electron chi connectivity index (χ3n) is 6.82. The van der Waals surface area contributed by atoms with Crippen LogP contribution in [0.1, 0.15) is 72.9 Å². The van der Waals surface area contributed by atoms with E-state index in [1.807, 2.05) is 0 Å². The van der Waals surface area contributed by atoms with E-state index in [9.17, 15) is 18.0 Å². The van der Waals surface area contributed by atoms with E-state index in [4.69, 9.17) is 4.74 Å². The van der Waals surface area contributed by atoms with Gasteiger partial charge in [0.05, 0.1) is 5.56 Å². The van der Waals surface area contributed by atoms with E-state index in [1.54, 1.807) is 31.2 Å². The Balaban J connectivity index is 1.45. The molecule has 0 aromatic heterocycles. The van der Waals surface area contributed by atoms with Crippen LogP contribution in [0.3, 0.4) is 0 Å². The van der Waals surface area contributed by atoms with Gasteiger partial charge in [-0.25, -0.2) is 13.6 Å². The minimum Gasteiger partial charge on any atom is -0.420 e. The molecule has 0 unspecified atom stereocenters. The summed E-state index contributed by atoms with van der Waals surface area (Å²) in [6, 6.07) is 13.9. The molecule has 3 aromatic rings. The fourth-order valence-corrected chi connectivity index (χ4v) is 4.91. The monoisotopic (exact) mass is 466 g/mol. The molecule has 0 saturated heterocycles. The molecule has 5 heteroatoms. The number of esters is 1. The van der Waals surface area contributed by atoms with Crippen LogP contribution in [-0.2, 0) is 0 Å². The summed E-state index contributed by atoms with van der Waals surface area (Å²) in [4.78, 5) is 12.5. The molecular formula is C29H29F3O2. The number of hydrogen-bond acceptors (Lipinski definition) is 2. The van der Waals surface area contributed by atoms with E-state index in [2.05, 4.69) is 6.92 Å². The van der Waals surface area contributed by atoms with Gasteiger partial charge in [0.15, 0.2) is 11.6 Å². The lowest BCUT2D eigenvalue weighted by Gasteiger charge is -2.29. The van der Waals surface area contributed by atoms with Crippen molar-refractivity contribution in [3.8, 4) is 16.9 Å². The van der Waals surface area contributed by atoms with E-state index >= 15 is 0 Å². The van der Waals surface area contributed by atoms with Crippen molar-refractivity contribution in [1.29, 1.82) is 0 Å². The van der Waals surface area contributed by atoms with E-state index in [-0.39, 0.29) is 17.3 Å². The van der Waals surface area contributed by atoms with E-state index in [0.717, 1.165) is 37.7 Å². The molecule has 0 N–H and O–H groups in total. The maximum Gasteiger partial charge on any atom is 0.343 e. The van der Waals surface area contributed by atoms with Gasteiger partial charge in [-0.05, 0) is 85.4 Å². The predicted molar refractivity (Wildman–Crippen MR) is 127 cm³/mol. The lowest BCUT2D eigenvalue weighted by atomic mass is 9.77. The summed E-state index contributed by atoms with van der Waals surface area (Å²) < 4.78 is 49.0. The molecule has 1 aliphatic rings. The third kappa shape index (κ3) is 5.19. The topological polar surface area (TPSA) is 26.3 Å². The number of aryl methyl sites for hydroxylation is 1. The molecule has 178 valence electrons. The average molecular weight is 467 g/mol. The zero-order valence-corrected chi connectivity index (χ0v) is 19.5. The maximum absolute atomic E-state index is 14.8. The Labute approximate surface area is 198 Å². The molecule has 0 atom stereocenters. The third-order valence-corrected chi connectivity index (χ3v) is 6.82. The minimum atomic E-state index is -1.14. The molecule has 34 heavy (non-hydrogen) atoms. The normalized spacial score (nSPS) is 18.0. The Kier molecular flexibility index (Phi) is 7.40. The molecule has 4 rings (SSSR count). The zero-order chi connectivity index (χ0) is 24.2. The molecular weight excluding hydrogens is 437 g/mol. The summed E-state index contributed by atoms with van der Waals surface area (Å²) in [6.45, 7) is 3.97. The van der Waals surface area contributed by atoms with Crippen LogP contribution >= 0.6 is 0 Å². The number of benzene rings is 3. The van der Waals surface area contributed by atoms with Gasteiger partial charge in [0.1, 0.15) is 5.82 Å². The number of halogens is 3. The first-order valence-corrected chi connectivity index (χ1v) is 11.9. The van der Waals surface area contributed by atoms with Gasteiger partial charge in [0, 0.05) is 5.56 Å². The number of rotatable bonds is 6. The molecule has 1 aliphatic carbocycles. The molecule has 0 radical (unpaired) electrons. The first-order valence-electron chi connectivity index (χ1n) is 11.9. The van der Waals surface area contributed by atoms with Crippen molar-refractivity contribution < 1.29 is 22.7 Å². The van der Waals surface area contributed by atoms with Gasteiger partial charge in [-0.1, -0.05) is 50.1 Å². The Morgan fingerprint density at radius 3 is 2.26 bits per heavy atom. The Bertz CT molecular complexity index is 1160. The highest BCUT2D eigenvalue weighted by atomic mass is 19.2. The van der Waals surface area contributed by atoms with Gasteiger partial charge in [-0.2, -0.15) is 4.39 Å². The fraction of sp³-hybridized carbons (Fsp3) is 0.345. The van der Waals surface area contributed by atoms with Crippen LogP contribution in [0.2, 0.25) is 0 Å². The average Bonchev–Trinajstić information content (AvgIpc) is 2.83. The lowest BCUT2D eigenvalue weighted by Crippen LogP contribution is -2.15. The number of ether oxygens (including phenoxy) is 1. The van der Waals surface area contributed by atoms with Crippen molar-refractivity contribution in [1.82, 2.24) is 0 Å². The molecule has 0 spiro atoms. The highest BCUT2D eigenvalue weighted by molar-refractivity contribution is 5.91. The van der Waals surface area contributed by atoms with Crippen LogP contribution in [-0.4, -0.2) is 5.97 Å². The van der Waals surface area contributed by atoms with Crippen LogP contribution in [0.25, 0.3) is 11.1 Å². The summed E-state index contributed by atoms with van der Waals surface area (Å²) in [7, 11) is 0. The molecule has 2 nitrogen and oxygen atoms in total. The van der Waals surface area contributed by atoms with Crippen LogP contribution < -0.4 is 4.74 Å². The summed E-state index contributed by atoms with van der Waals surface area (Å²) in [5.74, 6) is -3.01. The SMILES string of the molecule is CCCC1CCC(c2ccc(OC(=O)c3ccc(-c4ccc(C)cc4F)cc3)c(F)c2F)CC1. The maximum atomic E-state index is 14.8. The molecule has 0 amide bonds. The Morgan fingerprint density at radius 2 is 1.62 bits per heavy atom. The quantitative estimate of drug-likeness (QED) is 0.269. The summed E-state index contributed by atoms with van der Waals surface area (Å²) in [6.07, 6.45) is 6.06. The van der Waals surface area contributed by atoms with Gasteiger partial charge in [0.25, 0.3) is 0 Å². The highest BCUT2D eigenvalue weighted by Gasteiger charge is 2.27. The van der Waals surface area contributed by atoms with Crippen molar-refractivity contribution in [2.45, 2.75) is 58.3 Å². The summed E-state index contributed by atoms with van der Waals surface area (Å²) >= 11 is 0. The minimum absolute atomic E-state index is 0.0120. The molecule has 1 saturated carbocycles. The van der Waals surface area contributed by atoms with Gasteiger partial charge in [-0.3, -0.25) is 0 Å². The summed E-state index contributed by atoms with van der Waals surface area (Å²) in [5, 5.41) is 0. The van der Waals surface area contributed by atoms with Crippen molar-refractivity contribution in [3.05, 3.63) is 88.7 Å². The first-order chi connectivity index (χ1) is 16.4. The molecule has 1 fully saturated rings. The van der Waals surface area contributed by atoms with E-state index in [0.29, 0.717) is 22.6 Å². The summed E-state index contributed by atoms with van der Waals surface area (Å²) in [5.41, 5.74) is 2.35. The van der Waals surface area contributed by atoms with E-state index < -0.39 is 23.4 Å². The molecule has 0 heterocycles. The van der Waals surface area contributed by atoms with Gasteiger partial charge < -0.3 is 4.74 Å². The largest absolute Gasteiger partial charge is 0.420 e. The van der Waals surface area contributed by atoms with Crippen LogP contribution in [0.5, 0.6) is 5.75 Å². The van der Waals surface area contributed by atoms with Gasteiger partial charge in [-0.15, -0.1) is 0 Å². The van der Waals surface area contributed by atoms with Gasteiger partial charge >= 0.3 is 5.97 Å². The number of carbonyl (C=O) groups excluding carboxylic acids is 1. The number of carbonyl (C=O) groups is 1. The van der Waals surface area contributed by atoms with Crippen molar-refractivity contribution >= 4 is 5.97 Å². The smallest absolute Gasteiger partial charge is 0.343 e. The van der Waals surface area contributed by atoms with Crippen molar-refractivity contribution in [2.75, 3.05) is 0 Å². The second-order valence-corrected chi connectivity index (χ2v) is 9.24. The lowest BCUT2D eigenvalue weighted by molar-refractivity contribution is 0.0726. The fourth-order valence-electron chi connectivity index (χ4n) is 4.91. The standard InChI is InChI=1S/C29H29F3O2/c1-3-4-19-6-8-21(9-7-19)24-15-16-26(28(32)27(24)31)34-29(33)22-12-10-20(11-13-22)23-14-5-18(2)17-25(23)30/h5,10-17,19,21H,3-4,6-9H2,1-2H3. The first kappa shape index (κ1) is 24.1. The van der Waals surface area contributed by atoms with Crippen LogP contribution in [0.15, 0.2) is 54.6 Å². The number of hydrogen-bond donors (Lipinski definition) is 0. The second kappa shape index (κ2) is 10.5. The zero-order valence-electron chi connectivity index (χ0n) is 19.5. The van der Waals surface area contributed by atoms with Crippen molar-refractivity contribution in [2.24, 2.45) is 5.92 Å². The second-order valence-electron chi connectivity index (χ2n) is 9.24. The molecule has 0 aliphatic heterocycles.